The van der Waals surface area contributed by atoms with Crippen molar-refractivity contribution in [3.05, 3.63) is 80.8 Å². The van der Waals surface area contributed by atoms with Crippen LogP contribution in [0.3, 0.4) is 0 Å². The van der Waals surface area contributed by atoms with Crippen molar-refractivity contribution >= 4 is 5.97 Å². The van der Waals surface area contributed by atoms with Crippen molar-refractivity contribution in [2.75, 3.05) is 13.1 Å². The van der Waals surface area contributed by atoms with E-state index in [-0.39, 0.29) is 29.4 Å². The minimum Gasteiger partial charge on any atom is -0.457 e. The van der Waals surface area contributed by atoms with Gasteiger partial charge in [0.15, 0.2) is 0 Å². The molecule has 1 N–H and O–H groups in total. The molecule has 0 aliphatic carbocycles. The van der Waals surface area contributed by atoms with Gasteiger partial charge in [-0.05, 0) is 43.2 Å². The van der Waals surface area contributed by atoms with E-state index in [1.54, 1.807) is 23.9 Å². The van der Waals surface area contributed by atoms with Crippen LogP contribution in [0.15, 0.2) is 41.5 Å². The summed E-state index contributed by atoms with van der Waals surface area (Å²) in [7, 11) is 1.69. The van der Waals surface area contributed by atoms with Gasteiger partial charge in [-0.2, -0.15) is 0 Å². The van der Waals surface area contributed by atoms with Gasteiger partial charge in [0.1, 0.15) is 12.3 Å². The number of hydrogen-bond acceptors (Lipinski definition) is 6. The number of pyridine rings is 1. The fourth-order valence-corrected chi connectivity index (χ4v) is 5.07. The van der Waals surface area contributed by atoms with Crippen LogP contribution >= 0.6 is 0 Å². The maximum absolute atomic E-state index is 13.1. The number of nitrogens with zero attached hydrogens (tertiary/aromatic N) is 4. The Bertz CT molecular complexity index is 1350. The average molecular weight is 484 g/mol. The highest BCUT2D eigenvalue weighted by Crippen LogP contribution is 2.31. The fraction of sp³-hybridized carbons (Fsp3) is 0.400. The number of esters is 1. The molecule has 184 valence electrons. The van der Waals surface area contributed by atoms with Crippen LogP contribution in [0.5, 0.6) is 0 Å². The topological polar surface area (TPSA) is 81.4 Å². The minimum absolute atomic E-state index is 0.0488. The van der Waals surface area contributed by atoms with Gasteiger partial charge in [0.2, 0.25) is 0 Å². The number of rotatable bonds is 5. The number of benzene rings is 1. The molecule has 0 unspecified atom stereocenters. The molecule has 35 heavy (non-hydrogen) atoms. The van der Waals surface area contributed by atoms with Crippen LogP contribution in [0.1, 0.15) is 57.8 Å². The molecule has 2 aliphatic rings. The second-order valence-electron chi connectivity index (χ2n) is 9.27. The van der Waals surface area contributed by atoms with Gasteiger partial charge < -0.3 is 10.1 Å². The summed E-state index contributed by atoms with van der Waals surface area (Å²) >= 11 is 0. The minimum atomic E-state index is -2.71. The first-order valence-corrected chi connectivity index (χ1v) is 11.5. The first-order chi connectivity index (χ1) is 16.7. The van der Waals surface area contributed by atoms with Gasteiger partial charge in [-0.25, -0.2) is 18.4 Å². The molecule has 0 radical (unpaired) electrons. The lowest BCUT2D eigenvalue weighted by atomic mass is 9.92. The molecule has 0 saturated carbocycles. The van der Waals surface area contributed by atoms with E-state index in [4.69, 9.17) is 4.74 Å². The smallest absolute Gasteiger partial charge is 0.338 e. The summed E-state index contributed by atoms with van der Waals surface area (Å²) in [6.07, 6.45) is 0.286. The zero-order valence-electron chi connectivity index (χ0n) is 19.8. The van der Waals surface area contributed by atoms with Crippen LogP contribution in [0.2, 0.25) is 0 Å². The first kappa shape index (κ1) is 23.4. The first-order valence-electron chi connectivity index (χ1n) is 11.5. The molecule has 4 heterocycles. The summed E-state index contributed by atoms with van der Waals surface area (Å²) in [4.78, 5) is 30.8. The Morgan fingerprint density at radius 2 is 2.03 bits per heavy atom. The molecule has 1 saturated heterocycles. The Balaban J connectivity index is 1.39. The summed E-state index contributed by atoms with van der Waals surface area (Å²) in [5.74, 6) is -0.276. The van der Waals surface area contributed by atoms with E-state index in [1.165, 1.54) is 16.8 Å². The molecular weight excluding hydrogens is 456 g/mol. The molecule has 0 bridgehead atoms. The monoisotopic (exact) mass is 483 g/mol. The van der Waals surface area contributed by atoms with Gasteiger partial charge >= 0.3 is 11.7 Å². The fourth-order valence-electron chi connectivity index (χ4n) is 5.07. The van der Waals surface area contributed by atoms with Crippen molar-refractivity contribution in [2.45, 2.75) is 45.5 Å². The van der Waals surface area contributed by atoms with Gasteiger partial charge in [0, 0.05) is 56.7 Å². The Hall–Kier alpha value is -3.37. The number of imidazole rings is 1. The van der Waals surface area contributed by atoms with Gasteiger partial charge in [-0.1, -0.05) is 6.07 Å². The predicted octanol–water partition coefficient (Wildman–Crippen LogP) is 3.02. The summed E-state index contributed by atoms with van der Waals surface area (Å²) in [6, 6.07) is 6.87. The number of piperazine rings is 1. The van der Waals surface area contributed by atoms with E-state index < -0.39 is 6.43 Å². The van der Waals surface area contributed by atoms with Gasteiger partial charge in [-0.15, -0.1) is 0 Å². The molecule has 2 atom stereocenters. The van der Waals surface area contributed by atoms with E-state index >= 15 is 0 Å². The Morgan fingerprint density at radius 1 is 1.23 bits per heavy atom. The number of halogens is 2. The number of carbonyl (C=O) groups is 1. The van der Waals surface area contributed by atoms with E-state index in [0.717, 1.165) is 28.9 Å². The molecule has 1 fully saturated rings. The maximum atomic E-state index is 13.1. The second-order valence-corrected chi connectivity index (χ2v) is 9.27. The third-order valence-electron chi connectivity index (χ3n) is 6.90. The molecule has 8 nitrogen and oxygen atoms in total. The number of carbonyl (C=O) groups excluding carboxylic acids is 1. The van der Waals surface area contributed by atoms with Crippen molar-refractivity contribution in [1.29, 1.82) is 0 Å². The molecule has 2 aromatic heterocycles. The van der Waals surface area contributed by atoms with Gasteiger partial charge in [0.25, 0.3) is 6.43 Å². The van der Waals surface area contributed by atoms with Crippen molar-refractivity contribution in [1.82, 2.24) is 24.3 Å². The predicted molar refractivity (Wildman–Crippen MR) is 125 cm³/mol. The molecular formula is C25H27F2N5O3. The summed E-state index contributed by atoms with van der Waals surface area (Å²) in [5.41, 5.74) is 4.24. The highest BCUT2D eigenvalue weighted by Gasteiger charge is 2.30. The molecule has 1 aromatic carbocycles. The normalized spacial score (nSPS) is 20.3. The molecule has 0 spiro atoms. The largest absolute Gasteiger partial charge is 0.457 e. The average Bonchev–Trinajstić information content (AvgIpc) is 3.34. The van der Waals surface area contributed by atoms with Crippen LogP contribution in [0.25, 0.3) is 5.69 Å². The van der Waals surface area contributed by atoms with Gasteiger partial charge in [0.05, 0.1) is 16.9 Å². The SMILES string of the molecule is Cc1c([C@@H]2CN(Cc3cn(-c4ccnc(C(F)F)c4)c(=O)n3C)C[C@H](C)N2)ccc2c1COC2=O. The third kappa shape index (κ3) is 4.28. The number of fused-ring (bicyclic) bond motifs is 1. The zero-order chi connectivity index (χ0) is 24.9. The molecule has 3 aromatic rings. The summed E-state index contributed by atoms with van der Waals surface area (Å²) < 4.78 is 34.3. The Labute approximate surface area is 201 Å². The highest BCUT2D eigenvalue weighted by atomic mass is 19.3. The quantitative estimate of drug-likeness (QED) is 0.562. The van der Waals surface area contributed by atoms with E-state index in [9.17, 15) is 18.4 Å². The number of ether oxygens (including phenoxy) is 1. The lowest BCUT2D eigenvalue weighted by Crippen LogP contribution is -2.51. The Morgan fingerprint density at radius 3 is 2.80 bits per heavy atom. The number of aromatic nitrogens is 3. The number of cyclic esters (lactones) is 1. The van der Waals surface area contributed by atoms with Crippen molar-refractivity contribution < 1.29 is 18.3 Å². The zero-order valence-corrected chi connectivity index (χ0v) is 19.8. The van der Waals surface area contributed by atoms with E-state index in [1.807, 2.05) is 19.1 Å². The van der Waals surface area contributed by atoms with Crippen LogP contribution in [0, 0.1) is 6.92 Å². The Kier molecular flexibility index (Phi) is 6.02. The lowest BCUT2D eigenvalue weighted by Gasteiger charge is -2.38. The van der Waals surface area contributed by atoms with Crippen LogP contribution < -0.4 is 11.0 Å². The number of alkyl halides is 2. The number of nitrogens with one attached hydrogen (secondary N) is 1. The lowest BCUT2D eigenvalue weighted by molar-refractivity contribution is 0.0535. The summed E-state index contributed by atoms with van der Waals surface area (Å²) in [6.45, 7) is 6.46. The number of hydrogen-bond donors (Lipinski definition) is 1. The molecule has 10 heteroatoms. The van der Waals surface area contributed by atoms with Crippen LogP contribution in [-0.2, 0) is 24.9 Å². The third-order valence-corrected chi connectivity index (χ3v) is 6.90. The second kappa shape index (κ2) is 9.01. The highest BCUT2D eigenvalue weighted by molar-refractivity contribution is 5.94. The summed E-state index contributed by atoms with van der Waals surface area (Å²) in [5, 5.41) is 3.65. The molecule has 2 aliphatic heterocycles. The molecule has 5 rings (SSSR count). The maximum Gasteiger partial charge on any atom is 0.338 e. The van der Waals surface area contributed by atoms with Crippen molar-refractivity contribution in [3.63, 3.8) is 0 Å². The van der Waals surface area contributed by atoms with Crippen molar-refractivity contribution in [3.8, 4) is 5.69 Å². The standard InChI is InChI=1S/C25H27F2N5O3/c1-14-9-31(12-22(29-14)18-4-5-19-20(15(18)2)13-35-24(19)33)10-17-11-32(25(34)30(17)3)16-6-7-28-21(8-16)23(26)27/h4-8,11,14,22-23,29H,9-10,12-13H2,1-3H3/t14-,22-/m0/s1. The van der Waals surface area contributed by atoms with E-state index in [2.05, 4.69) is 22.1 Å². The van der Waals surface area contributed by atoms with E-state index in [0.29, 0.717) is 30.9 Å². The molecule has 0 amide bonds. The van der Waals surface area contributed by atoms with Crippen molar-refractivity contribution in [2.24, 2.45) is 7.05 Å². The van der Waals surface area contributed by atoms with Crippen LogP contribution in [-0.4, -0.2) is 44.1 Å². The van der Waals surface area contributed by atoms with Crippen LogP contribution in [0.4, 0.5) is 8.78 Å². The van der Waals surface area contributed by atoms with Gasteiger partial charge in [-0.3, -0.25) is 19.0 Å².